The Morgan fingerprint density at radius 3 is 2.49 bits per heavy atom. The van der Waals surface area contributed by atoms with Crippen LogP contribution in [0.3, 0.4) is 0 Å². The van der Waals surface area contributed by atoms with Gasteiger partial charge >= 0.3 is 0 Å². The van der Waals surface area contributed by atoms with Gasteiger partial charge in [0.25, 0.3) is 0 Å². The fraction of sp³-hybridized carbons (Fsp3) is 0.391. The van der Waals surface area contributed by atoms with Gasteiger partial charge in [-0.25, -0.2) is 18.4 Å². The van der Waals surface area contributed by atoms with E-state index in [0.717, 1.165) is 29.1 Å². The number of nitrogens with one attached hydrogen (secondary N) is 2. The summed E-state index contributed by atoms with van der Waals surface area (Å²) in [6.45, 7) is 1.91. The van der Waals surface area contributed by atoms with Gasteiger partial charge in [-0.1, -0.05) is 12.1 Å². The van der Waals surface area contributed by atoms with E-state index in [-0.39, 0.29) is 5.92 Å². The molecule has 35 heavy (non-hydrogen) atoms. The molecule has 2 aliphatic rings. The lowest BCUT2D eigenvalue weighted by Gasteiger charge is -2.34. The Bertz CT molecular complexity index is 1290. The molecule has 1 aliphatic carbocycles. The van der Waals surface area contributed by atoms with Crippen LogP contribution in [-0.4, -0.2) is 71.1 Å². The van der Waals surface area contributed by atoms with E-state index in [2.05, 4.69) is 25.4 Å². The number of ketones is 1. The smallest absolute Gasteiger partial charge is 0.211 e. The highest BCUT2D eigenvalue weighted by molar-refractivity contribution is 7.99. The van der Waals surface area contributed by atoms with Crippen LogP contribution in [-0.2, 0) is 21.2 Å². The van der Waals surface area contributed by atoms with Crippen molar-refractivity contribution >= 4 is 45.0 Å². The maximum Gasteiger partial charge on any atom is 0.211 e. The Hall–Kier alpha value is -2.96. The van der Waals surface area contributed by atoms with Crippen LogP contribution >= 0.6 is 11.8 Å². The number of rotatable bonds is 9. The summed E-state index contributed by atoms with van der Waals surface area (Å²) in [7, 11) is -3.21. The van der Waals surface area contributed by atoms with E-state index in [1.807, 2.05) is 30.3 Å². The van der Waals surface area contributed by atoms with Crippen molar-refractivity contribution in [2.45, 2.75) is 29.3 Å². The first kappa shape index (κ1) is 23.8. The average Bonchev–Trinajstić information content (AvgIpc) is 3.57. The monoisotopic (exact) mass is 513 g/mol. The molecule has 1 saturated heterocycles. The molecule has 12 heteroatoms. The molecule has 0 atom stereocenters. The molecule has 3 heterocycles. The number of piperazine rings is 1. The molecule has 0 unspecified atom stereocenters. The zero-order valence-corrected chi connectivity index (χ0v) is 21.0. The van der Waals surface area contributed by atoms with Crippen LogP contribution in [0.2, 0.25) is 0 Å². The number of nitrogens with zero attached hydrogens (tertiary/aromatic N) is 5. The van der Waals surface area contributed by atoms with E-state index < -0.39 is 10.0 Å². The molecule has 1 saturated carbocycles. The van der Waals surface area contributed by atoms with Crippen molar-refractivity contribution in [3.63, 3.8) is 0 Å². The minimum atomic E-state index is -3.21. The molecule has 1 aliphatic heterocycles. The van der Waals surface area contributed by atoms with Crippen LogP contribution in [0.25, 0.3) is 0 Å². The summed E-state index contributed by atoms with van der Waals surface area (Å²) in [5.41, 5.74) is 1.02. The molecule has 10 nitrogen and oxygen atoms in total. The lowest BCUT2D eigenvalue weighted by molar-refractivity contribution is -0.119. The number of carbonyl (C=O) groups excluding carboxylic acids is 1. The molecular formula is C23H27N7O3S2. The van der Waals surface area contributed by atoms with Gasteiger partial charge in [-0.05, 0) is 42.3 Å². The molecule has 1 aromatic carbocycles. The number of aromatic amines is 1. The second-order valence-electron chi connectivity index (χ2n) is 8.80. The summed E-state index contributed by atoms with van der Waals surface area (Å²) >= 11 is 1.44. The van der Waals surface area contributed by atoms with E-state index >= 15 is 0 Å². The second-order valence-corrected chi connectivity index (χ2v) is 11.8. The third-order valence-electron chi connectivity index (χ3n) is 6.03. The van der Waals surface area contributed by atoms with Crippen molar-refractivity contribution in [2.24, 2.45) is 5.92 Å². The van der Waals surface area contributed by atoms with Crippen molar-refractivity contribution in [3.05, 3.63) is 48.2 Å². The quantitative estimate of drug-likeness (QED) is 0.416. The Kier molecular flexibility index (Phi) is 6.76. The Morgan fingerprint density at radius 1 is 1.11 bits per heavy atom. The number of aromatic nitrogens is 4. The number of sulfonamides is 1. The van der Waals surface area contributed by atoms with Gasteiger partial charge in [0, 0.05) is 55.5 Å². The first-order chi connectivity index (χ1) is 16.8. The minimum absolute atomic E-state index is 0.264. The molecule has 3 aromatic rings. The largest absolute Gasteiger partial charge is 0.354 e. The Morgan fingerprint density at radius 2 is 1.86 bits per heavy atom. The molecule has 184 valence electrons. The summed E-state index contributed by atoms with van der Waals surface area (Å²) in [4.78, 5) is 24.6. The van der Waals surface area contributed by atoms with Gasteiger partial charge in [0.1, 0.15) is 23.2 Å². The zero-order chi connectivity index (χ0) is 24.4. The third kappa shape index (κ3) is 6.19. The molecular weight excluding hydrogens is 486 g/mol. The topological polar surface area (TPSA) is 124 Å². The average molecular weight is 514 g/mol. The van der Waals surface area contributed by atoms with Crippen LogP contribution in [0, 0.1) is 5.92 Å². The number of benzene rings is 1. The first-order valence-corrected chi connectivity index (χ1v) is 14.1. The SMILES string of the molecule is CS(=O)(=O)N1CCN(c2cc(Nc3ccn[nH]3)nc(Sc3ccc(CC(=O)C4CC4)cc3)n2)CC1. The summed E-state index contributed by atoms with van der Waals surface area (Å²) in [5, 5.41) is 10.6. The predicted octanol–water partition coefficient (Wildman–Crippen LogP) is 2.70. The van der Waals surface area contributed by atoms with Gasteiger partial charge in [0.2, 0.25) is 10.0 Å². The number of hydrogen-bond donors (Lipinski definition) is 2. The van der Waals surface area contributed by atoms with E-state index in [9.17, 15) is 13.2 Å². The maximum absolute atomic E-state index is 12.1. The van der Waals surface area contributed by atoms with Crippen molar-refractivity contribution in [1.82, 2.24) is 24.5 Å². The van der Waals surface area contributed by atoms with E-state index in [1.54, 1.807) is 12.3 Å². The Balaban J connectivity index is 1.33. The lowest BCUT2D eigenvalue weighted by atomic mass is 10.1. The molecule has 2 N–H and O–H groups in total. The highest BCUT2D eigenvalue weighted by Gasteiger charge is 2.29. The molecule has 0 spiro atoms. The minimum Gasteiger partial charge on any atom is -0.354 e. The summed E-state index contributed by atoms with van der Waals surface area (Å²) < 4.78 is 25.2. The molecule has 5 rings (SSSR count). The van der Waals surface area contributed by atoms with Crippen molar-refractivity contribution < 1.29 is 13.2 Å². The number of Topliss-reactive ketones (excluding diaryl/α,β-unsaturated/α-hetero) is 1. The zero-order valence-electron chi connectivity index (χ0n) is 19.3. The molecule has 0 bridgehead atoms. The number of anilines is 3. The third-order valence-corrected chi connectivity index (χ3v) is 8.21. The van der Waals surface area contributed by atoms with Crippen molar-refractivity contribution in [2.75, 3.05) is 42.7 Å². The molecule has 0 amide bonds. The van der Waals surface area contributed by atoms with Gasteiger partial charge < -0.3 is 10.2 Å². The van der Waals surface area contributed by atoms with Crippen molar-refractivity contribution in [1.29, 1.82) is 0 Å². The molecule has 0 radical (unpaired) electrons. The highest BCUT2D eigenvalue weighted by atomic mass is 32.2. The van der Waals surface area contributed by atoms with Gasteiger partial charge in [0.15, 0.2) is 5.16 Å². The van der Waals surface area contributed by atoms with Gasteiger partial charge in [0.05, 0.1) is 12.5 Å². The second kappa shape index (κ2) is 9.96. The molecule has 2 aromatic heterocycles. The fourth-order valence-electron chi connectivity index (χ4n) is 3.93. The van der Waals surface area contributed by atoms with E-state index in [1.165, 1.54) is 22.3 Å². The van der Waals surface area contributed by atoms with Crippen LogP contribution in [0.15, 0.2) is 52.6 Å². The standard InChI is InChI=1S/C23H27N7O3S2/c1-35(32,33)30-12-10-29(11-13-30)22-15-21(25-20-8-9-24-28-20)26-23(27-22)34-18-6-2-16(3-7-18)14-19(31)17-4-5-17/h2-3,6-9,15,17H,4-5,10-14H2,1H3,(H2,24,25,26,27,28). The van der Waals surface area contributed by atoms with Gasteiger partial charge in [-0.3, -0.25) is 9.89 Å². The van der Waals surface area contributed by atoms with Gasteiger partial charge in [-0.15, -0.1) is 0 Å². The number of H-pyrrole nitrogens is 1. The van der Waals surface area contributed by atoms with Crippen LogP contribution < -0.4 is 10.2 Å². The van der Waals surface area contributed by atoms with E-state index in [4.69, 9.17) is 4.98 Å². The fourth-order valence-corrected chi connectivity index (χ4v) is 5.52. The van der Waals surface area contributed by atoms with E-state index in [0.29, 0.717) is 55.2 Å². The summed E-state index contributed by atoms with van der Waals surface area (Å²) in [6, 6.07) is 11.6. The number of carbonyl (C=O) groups is 1. The maximum atomic E-state index is 12.1. The highest BCUT2D eigenvalue weighted by Crippen LogP contribution is 2.32. The predicted molar refractivity (Wildman–Crippen MR) is 135 cm³/mol. The first-order valence-electron chi connectivity index (χ1n) is 11.5. The number of hydrogen-bond acceptors (Lipinski definition) is 9. The lowest BCUT2D eigenvalue weighted by Crippen LogP contribution is -2.48. The van der Waals surface area contributed by atoms with Crippen molar-refractivity contribution in [3.8, 4) is 0 Å². The summed E-state index contributed by atoms with van der Waals surface area (Å²) in [6.07, 6.45) is 5.43. The van der Waals surface area contributed by atoms with Crippen LogP contribution in [0.5, 0.6) is 0 Å². The van der Waals surface area contributed by atoms with Crippen LogP contribution in [0.1, 0.15) is 18.4 Å². The van der Waals surface area contributed by atoms with Crippen LogP contribution in [0.4, 0.5) is 17.5 Å². The Labute approximate surface area is 208 Å². The van der Waals surface area contributed by atoms with Gasteiger partial charge in [-0.2, -0.15) is 9.40 Å². The molecule has 2 fully saturated rings. The summed E-state index contributed by atoms with van der Waals surface area (Å²) in [5.74, 6) is 2.63. The normalized spacial score (nSPS) is 16.9.